The van der Waals surface area contributed by atoms with Crippen LogP contribution in [0.1, 0.15) is 36.0 Å². The fourth-order valence-corrected chi connectivity index (χ4v) is 2.42. The maximum absolute atomic E-state index is 11.9. The molecule has 0 radical (unpaired) electrons. The molecule has 0 saturated heterocycles. The van der Waals surface area contributed by atoms with Crippen LogP contribution in [0.5, 0.6) is 0 Å². The van der Waals surface area contributed by atoms with E-state index in [2.05, 4.69) is 24.1 Å². The third kappa shape index (κ3) is 3.89. The zero-order valence-electron chi connectivity index (χ0n) is 11.4. The summed E-state index contributed by atoms with van der Waals surface area (Å²) in [7, 11) is 0. The summed E-state index contributed by atoms with van der Waals surface area (Å²) in [5.74, 6) is 0.477. The maximum atomic E-state index is 11.9. The molecule has 4 heteroatoms. The van der Waals surface area contributed by atoms with E-state index in [9.17, 15) is 4.79 Å². The predicted molar refractivity (Wildman–Crippen MR) is 79.7 cm³/mol. The van der Waals surface area contributed by atoms with Gasteiger partial charge in [0.1, 0.15) is 0 Å². The van der Waals surface area contributed by atoms with Crippen LogP contribution in [-0.2, 0) is 11.2 Å². The lowest BCUT2D eigenvalue weighted by atomic mass is 10.0. The predicted octanol–water partition coefficient (Wildman–Crippen LogP) is 3.76. The Hall–Kier alpha value is -1.68. The molecule has 1 heterocycles. The highest BCUT2D eigenvalue weighted by Crippen LogP contribution is 2.17. The number of rotatable bonds is 4. The second kappa shape index (κ2) is 5.97. The molecule has 0 bridgehead atoms. The number of aryl methyl sites for hydroxylation is 1. The molecule has 2 aromatic rings. The quantitative estimate of drug-likeness (QED) is 0.922. The highest BCUT2D eigenvalue weighted by atomic mass is 32.1. The first-order valence-corrected chi connectivity index (χ1v) is 7.23. The van der Waals surface area contributed by atoms with E-state index in [1.54, 1.807) is 11.3 Å². The van der Waals surface area contributed by atoms with Gasteiger partial charge in [0, 0.05) is 11.1 Å². The molecule has 0 spiro atoms. The Labute approximate surface area is 117 Å². The van der Waals surface area contributed by atoms with Gasteiger partial charge in [0.2, 0.25) is 5.91 Å². The standard InChI is InChI=1S/C15H18N2OS/c1-10(2)12-4-6-13(7-5-12)17-15(18)8-14-9-19-11(3)16-14/h4-7,9-10H,8H2,1-3H3,(H,17,18). The molecule has 1 amide bonds. The Bertz CT molecular complexity index is 558. The molecule has 0 fully saturated rings. The summed E-state index contributed by atoms with van der Waals surface area (Å²) in [6.07, 6.45) is 0.330. The third-order valence-electron chi connectivity index (χ3n) is 2.87. The first kappa shape index (κ1) is 13.7. The van der Waals surface area contributed by atoms with Crippen LogP contribution in [0.3, 0.4) is 0 Å². The molecular formula is C15H18N2OS. The summed E-state index contributed by atoms with van der Waals surface area (Å²) in [5.41, 5.74) is 2.94. The Morgan fingerprint density at radius 1 is 1.32 bits per heavy atom. The topological polar surface area (TPSA) is 42.0 Å². The van der Waals surface area contributed by atoms with Crippen molar-refractivity contribution in [1.29, 1.82) is 0 Å². The molecular weight excluding hydrogens is 256 g/mol. The number of carbonyl (C=O) groups is 1. The molecule has 0 saturated carbocycles. The minimum atomic E-state index is -0.0254. The summed E-state index contributed by atoms with van der Waals surface area (Å²) in [6, 6.07) is 7.99. The SMILES string of the molecule is Cc1nc(CC(=O)Nc2ccc(C(C)C)cc2)cs1. The summed E-state index contributed by atoms with van der Waals surface area (Å²) >= 11 is 1.57. The van der Waals surface area contributed by atoms with E-state index in [0.29, 0.717) is 12.3 Å². The van der Waals surface area contributed by atoms with Gasteiger partial charge in [-0.25, -0.2) is 4.98 Å². The molecule has 1 aromatic heterocycles. The number of aromatic nitrogens is 1. The minimum absolute atomic E-state index is 0.0254. The first-order valence-electron chi connectivity index (χ1n) is 6.35. The Kier molecular flexibility index (Phi) is 4.32. The van der Waals surface area contributed by atoms with Crippen molar-refractivity contribution in [2.45, 2.75) is 33.1 Å². The monoisotopic (exact) mass is 274 g/mol. The van der Waals surface area contributed by atoms with Crippen molar-refractivity contribution in [2.24, 2.45) is 0 Å². The first-order chi connectivity index (χ1) is 9.04. The summed E-state index contributed by atoms with van der Waals surface area (Å²) in [4.78, 5) is 16.2. The van der Waals surface area contributed by atoms with E-state index in [0.717, 1.165) is 16.4 Å². The van der Waals surface area contributed by atoms with Crippen molar-refractivity contribution in [3.8, 4) is 0 Å². The maximum Gasteiger partial charge on any atom is 0.230 e. The van der Waals surface area contributed by atoms with Crippen LogP contribution in [0, 0.1) is 6.92 Å². The van der Waals surface area contributed by atoms with E-state index >= 15 is 0 Å². The molecule has 0 aliphatic heterocycles. The molecule has 19 heavy (non-hydrogen) atoms. The lowest BCUT2D eigenvalue weighted by Crippen LogP contribution is -2.14. The van der Waals surface area contributed by atoms with Gasteiger partial charge >= 0.3 is 0 Å². The van der Waals surface area contributed by atoms with Crippen LogP contribution < -0.4 is 5.32 Å². The van der Waals surface area contributed by atoms with Crippen molar-refractivity contribution in [1.82, 2.24) is 4.98 Å². The second-order valence-corrected chi connectivity index (χ2v) is 5.92. The van der Waals surface area contributed by atoms with Crippen LogP contribution in [0.2, 0.25) is 0 Å². The zero-order chi connectivity index (χ0) is 13.8. The van der Waals surface area contributed by atoms with E-state index in [1.807, 2.05) is 36.6 Å². The average Bonchev–Trinajstić information content (AvgIpc) is 2.75. The third-order valence-corrected chi connectivity index (χ3v) is 3.69. The number of hydrogen-bond donors (Lipinski definition) is 1. The normalized spacial score (nSPS) is 10.7. The zero-order valence-corrected chi connectivity index (χ0v) is 12.3. The summed E-state index contributed by atoms with van der Waals surface area (Å²) in [6.45, 7) is 6.24. The number of hydrogen-bond acceptors (Lipinski definition) is 3. The molecule has 0 aliphatic rings. The molecule has 1 N–H and O–H groups in total. The fraction of sp³-hybridized carbons (Fsp3) is 0.333. The van der Waals surface area contributed by atoms with Gasteiger partial charge in [-0.05, 0) is 30.5 Å². The van der Waals surface area contributed by atoms with Crippen LogP contribution >= 0.6 is 11.3 Å². The smallest absolute Gasteiger partial charge is 0.230 e. The van der Waals surface area contributed by atoms with Gasteiger partial charge < -0.3 is 5.32 Å². The van der Waals surface area contributed by atoms with Gasteiger partial charge in [-0.2, -0.15) is 0 Å². The molecule has 100 valence electrons. The highest BCUT2D eigenvalue weighted by Gasteiger charge is 2.07. The van der Waals surface area contributed by atoms with Crippen LogP contribution in [0.4, 0.5) is 5.69 Å². The van der Waals surface area contributed by atoms with E-state index in [4.69, 9.17) is 0 Å². The van der Waals surface area contributed by atoms with Gasteiger partial charge in [-0.15, -0.1) is 11.3 Å². The molecule has 1 aromatic carbocycles. The number of nitrogens with zero attached hydrogens (tertiary/aromatic N) is 1. The minimum Gasteiger partial charge on any atom is -0.326 e. The number of carbonyl (C=O) groups excluding carboxylic acids is 1. The van der Waals surface area contributed by atoms with E-state index < -0.39 is 0 Å². The van der Waals surface area contributed by atoms with Gasteiger partial charge in [-0.1, -0.05) is 26.0 Å². The van der Waals surface area contributed by atoms with E-state index in [-0.39, 0.29) is 5.91 Å². The van der Waals surface area contributed by atoms with Crippen molar-refractivity contribution in [3.63, 3.8) is 0 Å². The molecule has 2 rings (SSSR count). The molecule has 0 aliphatic carbocycles. The Morgan fingerprint density at radius 2 is 2.00 bits per heavy atom. The average molecular weight is 274 g/mol. The number of nitrogens with one attached hydrogen (secondary N) is 1. The number of thiazole rings is 1. The largest absolute Gasteiger partial charge is 0.326 e. The molecule has 0 atom stereocenters. The van der Waals surface area contributed by atoms with Gasteiger partial charge in [0.15, 0.2) is 0 Å². The lowest BCUT2D eigenvalue weighted by Gasteiger charge is -2.08. The van der Waals surface area contributed by atoms with Crippen molar-refractivity contribution < 1.29 is 4.79 Å². The summed E-state index contributed by atoms with van der Waals surface area (Å²) in [5, 5.41) is 5.81. The molecule has 3 nitrogen and oxygen atoms in total. The number of anilines is 1. The fourth-order valence-electron chi connectivity index (χ4n) is 1.81. The van der Waals surface area contributed by atoms with Crippen molar-refractivity contribution in [2.75, 3.05) is 5.32 Å². The highest BCUT2D eigenvalue weighted by molar-refractivity contribution is 7.09. The Balaban J connectivity index is 1.95. The number of benzene rings is 1. The van der Waals surface area contributed by atoms with Crippen molar-refractivity contribution in [3.05, 3.63) is 45.9 Å². The van der Waals surface area contributed by atoms with Crippen LogP contribution in [0.15, 0.2) is 29.6 Å². The second-order valence-electron chi connectivity index (χ2n) is 4.86. The van der Waals surface area contributed by atoms with Gasteiger partial charge in [-0.3, -0.25) is 4.79 Å². The van der Waals surface area contributed by atoms with E-state index in [1.165, 1.54) is 5.56 Å². The van der Waals surface area contributed by atoms with Gasteiger partial charge in [0.05, 0.1) is 17.1 Å². The Morgan fingerprint density at radius 3 is 2.53 bits per heavy atom. The van der Waals surface area contributed by atoms with Gasteiger partial charge in [0.25, 0.3) is 0 Å². The lowest BCUT2D eigenvalue weighted by molar-refractivity contribution is -0.115. The van der Waals surface area contributed by atoms with Crippen molar-refractivity contribution >= 4 is 22.9 Å². The van der Waals surface area contributed by atoms with Crippen LogP contribution in [0.25, 0.3) is 0 Å². The molecule has 0 unspecified atom stereocenters. The van der Waals surface area contributed by atoms with Crippen LogP contribution in [-0.4, -0.2) is 10.9 Å². The summed E-state index contributed by atoms with van der Waals surface area (Å²) < 4.78 is 0. The number of amides is 1.